The third kappa shape index (κ3) is 3.15. The first-order valence-corrected chi connectivity index (χ1v) is 9.81. The molecule has 25 heavy (non-hydrogen) atoms. The molecule has 0 aromatic heterocycles. The first-order valence-electron chi connectivity index (χ1n) is 9.81. The van der Waals surface area contributed by atoms with Gasteiger partial charge in [-0.2, -0.15) is 0 Å². The highest BCUT2D eigenvalue weighted by Crippen LogP contribution is 2.50. The lowest BCUT2D eigenvalue weighted by Gasteiger charge is -2.23. The van der Waals surface area contributed by atoms with Crippen LogP contribution < -0.4 is 9.47 Å². The molecule has 0 aliphatic heterocycles. The Balaban J connectivity index is 2.33. The van der Waals surface area contributed by atoms with E-state index in [0.717, 1.165) is 43.6 Å². The molecule has 2 heteroatoms. The van der Waals surface area contributed by atoms with Gasteiger partial charge in [-0.25, -0.2) is 0 Å². The number of hydrogen-bond donors (Lipinski definition) is 0. The number of fused-ring (bicyclic) bond motifs is 3. The van der Waals surface area contributed by atoms with Crippen LogP contribution in [0.3, 0.4) is 0 Å². The van der Waals surface area contributed by atoms with Crippen LogP contribution in [0.5, 0.6) is 11.5 Å². The summed E-state index contributed by atoms with van der Waals surface area (Å²) in [7, 11) is 0. The second-order valence-electron chi connectivity index (χ2n) is 6.67. The molecule has 0 radical (unpaired) electrons. The molecular weight excluding hydrogens is 308 g/mol. The van der Waals surface area contributed by atoms with Gasteiger partial charge in [-0.3, -0.25) is 0 Å². The van der Waals surface area contributed by atoms with Gasteiger partial charge >= 0.3 is 0 Å². The largest absolute Gasteiger partial charge is 0.490 e. The smallest absolute Gasteiger partial charge is 0.165 e. The molecule has 0 fully saturated rings. The van der Waals surface area contributed by atoms with E-state index in [9.17, 15) is 0 Å². The van der Waals surface area contributed by atoms with Crippen molar-refractivity contribution in [2.24, 2.45) is 0 Å². The van der Waals surface area contributed by atoms with E-state index in [-0.39, 0.29) is 0 Å². The molecule has 0 spiro atoms. The van der Waals surface area contributed by atoms with Gasteiger partial charge in [0, 0.05) is 17.5 Å². The molecule has 1 aliphatic rings. The molecule has 0 heterocycles. The summed E-state index contributed by atoms with van der Waals surface area (Å²) in [6.07, 6.45) is 5.34. The molecule has 1 aliphatic carbocycles. The number of rotatable bonds is 8. The average Bonchev–Trinajstić information content (AvgIpc) is 3.00. The minimum atomic E-state index is 0.668. The Labute approximate surface area is 152 Å². The van der Waals surface area contributed by atoms with Crippen LogP contribution in [-0.4, -0.2) is 13.2 Å². The van der Waals surface area contributed by atoms with Gasteiger partial charge in [-0.05, 0) is 48.9 Å². The molecular formula is C23H30O2. The van der Waals surface area contributed by atoms with Gasteiger partial charge in [0.2, 0.25) is 0 Å². The third-order valence-electron chi connectivity index (χ3n) is 4.95. The second kappa shape index (κ2) is 7.95. The van der Waals surface area contributed by atoms with E-state index < -0.39 is 0 Å². The maximum Gasteiger partial charge on any atom is 0.165 e. The topological polar surface area (TPSA) is 18.5 Å². The zero-order chi connectivity index (χ0) is 17.8. The highest BCUT2D eigenvalue weighted by molar-refractivity contribution is 5.85. The van der Waals surface area contributed by atoms with Gasteiger partial charge in [-0.15, -0.1) is 0 Å². The minimum Gasteiger partial charge on any atom is -0.490 e. The molecule has 0 amide bonds. The van der Waals surface area contributed by atoms with Crippen LogP contribution in [0.1, 0.15) is 62.8 Å². The predicted molar refractivity (Wildman–Crippen MR) is 105 cm³/mol. The molecule has 2 aromatic rings. The molecule has 2 aromatic carbocycles. The van der Waals surface area contributed by atoms with Gasteiger partial charge in [0.15, 0.2) is 11.5 Å². The monoisotopic (exact) mass is 338 g/mol. The van der Waals surface area contributed by atoms with Crippen molar-refractivity contribution in [1.29, 1.82) is 0 Å². The van der Waals surface area contributed by atoms with E-state index in [1.54, 1.807) is 0 Å². The number of hydrogen-bond acceptors (Lipinski definition) is 2. The molecule has 2 nitrogen and oxygen atoms in total. The molecule has 0 unspecified atom stereocenters. The van der Waals surface area contributed by atoms with Gasteiger partial charge in [0.1, 0.15) is 0 Å². The molecule has 0 saturated carbocycles. The fourth-order valence-electron chi connectivity index (χ4n) is 4.09. The summed E-state index contributed by atoms with van der Waals surface area (Å²) in [6.45, 7) is 9.97. The summed E-state index contributed by atoms with van der Waals surface area (Å²) in [4.78, 5) is 0. The van der Waals surface area contributed by atoms with Crippen LogP contribution in [0.2, 0.25) is 0 Å². The van der Waals surface area contributed by atoms with E-state index in [4.69, 9.17) is 9.47 Å². The van der Waals surface area contributed by atoms with Crippen LogP contribution in [-0.2, 0) is 19.3 Å². The lowest BCUT2D eigenvalue weighted by molar-refractivity contribution is 0.283. The summed E-state index contributed by atoms with van der Waals surface area (Å²) < 4.78 is 12.3. The second-order valence-corrected chi connectivity index (χ2v) is 6.67. The maximum atomic E-state index is 6.16. The quantitative estimate of drug-likeness (QED) is 0.504. The molecule has 0 bridgehead atoms. The van der Waals surface area contributed by atoms with E-state index in [1.165, 1.54) is 33.4 Å². The minimum absolute atomic E-state index is 0.668. The Bertz CT molecular complexity index is 746. The van der Waals surface area contributed by atoms with Crippen LogP contribution in [0, 0.1) is 0 Å². The zero-order valence-corrected chi connectivity index (χ0v) is 16.1. The van der Waals surface area contributed by atoms with Gasteiger partial charge < -0.3 is 9.47 Å². The lowest BCUT2D eigenvalue weighted by Crippen LogP contribution is -2.08. The Hall–Kier alpha value is -1.96. The summed E-state index contributed by atoms with van der Waals surface area (Å²) in [5.74, 6) is 1.99. The standard InChI is InChI=1S/C23H30O2/c1-5-11-18-19(12-6-2)22(24-7-3)23(25-8-4)20-15-16-13-9-10-14-17(16)21(18)20/h9-10,13-14H,5-8,11-12,15H2,1-4H3. The summed E-state index contributed by atoms with van der Waals surface area (Å²) in [6, 6.07) is 8.81. The van der Waals surface area contributed by atoms with Crippen molar-refractivity contribution < 1.29 is 9.47 Å². The predicted octanol–water partition coefficient (Wildman–Crippen LogP) is 5.96. The Morgan fingerprint density at radius 1 is 0.800 bits per heavy atom. The summed E-state index contributed by atoms with van der Waals surface area (Å²) in [5, 5.41) is 0. The molecule has 134 valence electrons. The van der Waals surface area contributed by atoms with Crippen LogP contribution >= 0.6 is 0 Å². The SMILES string of the molecule is CCCc1c(CCC)c2c(c(OCC)c1OCC)Cc1ccccc1-2. The van der Waals surface area contributed by atoms with E-state index in [0.29, 0.717) is 13.2 Å². The number of benzene rings is 2. The lowest BCUT2D eigenvalue weighted by atomic mass is 9.88. The number of ether oxygens (including phenoxy) is 2. The Morgan fingerprint density at radius 2 is 1.44 bits per heavy atom. The van der Waals surface area contributed by atoms with Gasteiger partial charge in [0.25, 0.3) is 0 Å². The fourth-order valence-corrected chi connectivity index (χ4v) is 4.09. The van der Waals surface area contributed by atoms with Crippen molar-refractivity contribution in [3.8, 4) is 22.6 Å². The Kier molecular flexibility index (Phi) is 5.67. The summed E-state index contributed by atoms with van der Waals surface area (Å²) >= 11 is 0. The van der Waals surface area contributed by atoms with Gasteiger partial charge in [-0.1, -0.05) is 51.0 Å². The highest BCUT2D eigenvalue weighted by atomic mass is 16.5. The van der Waals surface area contributed by atoms with Crippen molar-refractivity contribution in [1.82, 2.24) is 0 Å². The van der Waals surface area contributed by atoms with Gasteiger partial charge in [0.05, 0.1) is 13.2 Å². The maximum absolute atomic E-state index is 6.16. The van der Waals surface area contributed by atoms with E-state index in [1.807, 2.05) is 0 Å². The van der Waals surface area contributed by atoms with E-state index >= 15 is 0 Å². The first-order chi connectivity index (χ1) is 12.3. The molecule has 0 atom stereocenters. The van der Waals surface area contributed by atoms with E-state index in [2.05, 4.69) is 52.0 Å². The Morgan fingerprint density at radius 3 is 2.12 bits per heavy atom. The summed E-state index contributed by atoms with van der Waals surface area (Å²) in [5.41, 5.74) is 8.40. The van der Waals surface area contributed by atoms with Crippen LogP contribution in [0.25, 0.3) is 11.1 Å². The normalized spacial score (nSPS) is 12.0. The van der Waals surface area contributed by atoms with Crippen molar-refractivity contribution in [2.45, 2.75) is 59.8 Å². The average molecular weight is 338 g/mol. The molecule has 0 saturated heterocycles. The zero-order valence-electron chi connectivity index (χ0n) is 16.1. The van der Waals surface area contributed by atoms with Crippen molar-refractivity contribution in [3.63, 3.8) is 0 Å². The molecule has 0 N–H and O–H groups in total. The van der Waals surface area contributed by atoms with Crippen LogP contribution in [0.4, 0.5) is 0 Å². The first kappa shape index (κ1) is 17.8. The highest BCUT2D eigenvalue weighted by Gasteiger charge is 2.30. The third-order valence-corrected chi connectivity index (χ3v) is 4.95. The van der Waals surface area contributed by atoms with Crippen molar-refractivity contribution in [3.05, 3.63) is 46.5 Å². The molecule has 3 rings (SSSR count). The van der Waals surface area contributed by atoms with Crippen molar-refractivity contribution in [2.75, 3.05) is 13.2 Å². The van der Waals surface area contributed by atoms with Crippen LogP contribution in [0.15, 0.2) is 24.3 Å². The fraction of sp³-hybridized carbons (Fsp3) is 0.478. The van der Waals surface area contributed by atoms with Crippen molar-refractivity contribution >= 4 is 0 Å².